The first kappa shape index (κ1) is 14.5. The predicted molar refractivity (Wildman–Crippen MR) is 84.8 cm³/mol. The third kappa shape index (κ3) is 2.55. The fraction of sp³-hybridized carbons (Fsp3) is 0.0667. The summed E-state index contributed by atoms with van der Waals surface area (Å²) in [7, 11) is 0. The molecule has 2 aromatic carbocycles. The van der Waals surface area contributed by atoms with Crippen molar-refractivity contribution in [1.82, 2.24) is 4.90 Å². The van der Waals surface area contributed by atoms with Crippen LogP contribution in [0.1, 0.15) is 26.3 Å². The number of rotatable bonds is 2. The van der Waals surface area contributed by atoms with Crippen molar-refractivity contribution in [3.63, 3.8) is 0 Å². The van der Waals surface area contributed by atoms with E-state index in [2.05, 4.69) is 22.6 Å². The number of hydrogen-bond acceptors (Lipinski definition) is 2. The van der Waals surface area contributed by atoms with Crippen molar-refractivity contribution >= 4 is 46.0 Å². The summed E-state index contributed by atoms with van der Waals surface area (Å²) in [6.45, 7) is 0.0298. The van der Waals surface area contributed by atoms with Gasteiger partial charge >= 0.3 is 0 Å². The first-order valence-electron chi connectivity index (χ1n) is 6.07. The number of carbonyl (C=O) groups is 2. The largest absolute Gasteiger partial charge is 0.270 e. The molecule has 0 aliphatic carbocycles. The van der Waals surface area contributed by atoms with Crippen LogP contribution < -0.4 is 0 Å². The molecule has 3 nitrogen and oxygen atoms in total. The zero-order valence-electron chi connectivity index (χ0n) is 10.6. The van der Waals surface area contributed by atoms with Gasteiger partial charge in [0.25, 0.3) is 11.8 Å². The van der Waals surface area contributed by atoms with Crippen LogP contribution >= 0.6 is 34.2 Å². The maximum atomic E-state index is 13.0. The van der Waals surface area contributed by atoms with Gasteiger partial charge in [0.2, 0.25) is 0 Å². The minimum absolute atomic E-state index is 0.0298. The van der Waals surface area contributed by atoms with Crippen LogP contribution in [0.15, 0.2) is 36.4 Å². The van der Waals surface area contributed by atoms with E-state index in [0.29, 0.717) is 16.7 Å². The summed E-state index contributed by atoms with van der Waals surface area (Å²) in [5.41, 5.74) is 1.31. The Labute approximate surface area is 138 Å². The number of imide groups is 1. The van der Waals surface area contributed by atoms with Gasteiger partial charge in [0.05, 0.1) is 17.7 Å². The Morgan fingerprint density at radius 2 is 1.76 bits per heavy atom. The lowest BCUT2D eigenvalue weighted by Crippen LogP contribution is -2.29. The Morgan fingerprint density at radius 3 is 2.48 bits per heavy atom. The van der Waals surface area contributed by atoms with E-state index >= 15 is 0 Å². The molecule has 1 aliphatic rings. The molecule has 2 aromatic rings. The Bertz CT molecular complexity index is 778. The van der Waals surface area contributed by atoms with E-state index in [0.717, 1.165) is 14.5 Å². The summed E-state index contributed by atoms with van der Waals surface area (Å²) in [5, 5.41) is 0.195. The second-order valence-corrected chi connectivity index (χ2v) is 6.27. The predicted octanol–water partition coefficient (Wildman–Crippen LogP) is 3.88. The van der Waals surface area contributed by atoms with E-state index in [1.54, 1.807) is 18.2 Å². The lowest BCUT2D eigenvalue weighted by atomic mass is 10.1. The van der Waals surface area contributed by atoms with Crippen molar-refractivity contribution in [2.75, 3.05) is 0 Å². The van der Waals surface area contributed by atoms with E-state index in [9.17, 15) is 14.0 Å². The van der Waals surface area contributed by atoms with Gasteiger partial charge in [0.15, 0.2) is 0 Å². The minimum Gasteiger partial charge on any atom is -0.270 e. The smallest absolute Gasteiger partial charge is 0.261 e. The van der Waals surface area contributed by atoms with Gasteiger partial charge in [-0.2, -0.15) is 0 Å². The van der Waals surface area contributed by atoms with Crippen LogP contribution in [0.25, 0.3) is 0 Å². The monoisotopic (exact) mass is 415 g/mol. The lowest BCUT2D eigenvalue weighted by molar-refractivity contribution is 0.0642. The van der Waals surface area contributed by atoms with Crippen molar-refractivity contribution in [2.24, 2.45) is 0 Å². The molecule has 0 spiro atoms. The molecule has 0 fully saturated rings. The molecule has 21 heavy (non-hydrogen) atoms. The van der Waals surface area contributed by atoms with Crippen LogP contribution in [0, 0.1) is 9.39 Å². The van der Waals surface area contributed by atoms with E-state index < -0.39 is 5.82 Å². The average molecular weight is 416 g/mol. The van der Waals surface area contributed by atoms with Crippen molar-refractivity contribution in [2.45, 2.75) is 6.54 Å². The van der Waals surface area contributed by atoms with Gasteiger partial charge in [0, 0.05) is 8.59 Å². The number of benzene rings is 2. The zero-order chi connectivity index (χ0) is 15.1. The molecule has 106 valence electrons. The maximum absolute atomic E-state index is 13.0. The summed E-state index contributed by atoms with van der Waals surface area (Å²) in [6, 6.07) is 9.00. The molecule has 6 heteroatoms. The first-order valence-corrected chi connectivity index (χ1v) is 7.52. The van der Waals surface area contributed by atoms with Gasteiger partial charge in [-0.3, -0.25) is 14.5 Å². The molecule has 0 radical (unpaired) electrons. The molecule has 0 unspecified atom stereocenters. The van der Waals surface area contributed by atoms with E-state index in [-0.39, 0.29) is 23.4 Å². The average Bonchev–Trinajstić information content (AvgIpc) is 2.66. The van der Waals surface area contributed by atoms with Crippen molar-refractivity contribution in [3.8, 4) is 0 Å². The summed E-state index contributed by atoms with van der Waals surface area (Å²) in [6.07, 6.45) is 0. The molecule has 2 amide bonds. The fourth-order valence-electron chi connectivity index (χ4n) is 2.23. The van der Waals surface area contributed by atoms with Gasteiger partial charge in [-0.1, -0.05) is 17.7 Å². The van der Waals surface area contributed by atoms with E-state index in [4.69, 9.17) is 11.6 Å². The molecule has 0 saturated carbocycles. The standard InChI is InChI=1S/C15H8ClFINO2/c16-13-5-9(17)2-1-8(13)7-19-14(20)11-4-3-10(18)6-12(11)15(19)21/h1-6H,7H2. The molecule has 0 bridgehead atoms. The Hall–Kier alpha value is -1.47. The molecule has 0 saturated heterocycles. The second kappa shape index (κ2) is 5.38. The van der Waals surface area contributed by atoms with Crippen LogP contribution in [0.2, 0.25) is 5.02 Å². The van der Waals surface area contributed by atoms with Crippen LogP contribution in [0.5, 0.6) is 0 Å². The third-order valence-corrected chi connectivity index (χ3v) is 4.30. The van der Waals surface area contributed by atoms with Crippen LogP contribution in [-0.4, -0.2) is 16.7 Å². The molecular weight excluding hydrogens is 408 g/mol. The topological polar surface area (TPSA) is 37.4 Å². The second-order valence-electron chi connectivity index (χ2n) is 4.62. The zero-order valence-corrected chi connectivity index (χ0v) is 13.5. The minimum atomic E-state index is -0.458. The summed E-state index contributed by atoms with van der Waals surface area (Å²) in [4.78, 5) is 25.7. The number of halogens is 3. The number of hydrogen-bond donors (Lipinski definition) is 0. The molecule has 1 heterocycles. The summed E-state index contributed by atoms with van der Waals surface area (Å²) < 4.78 is 13.9. The number of nitrogens with zero attached hydrogens (tertiary/aromatic N) is 1. The highest BCUT2D eigenvalue weighted by Gasteiger charge is 2.35. The normalized spacial score (nSPS) is 13.8. The maximum Gasteiger partial charge on any atom is 0.261 e. The number of amides is 2. The van der Waals surface area contributed by atoms with Gasteiger partial charge in [-0.05, 0) is 58.5 Å². The third-order valence-electron chi connectivity index (χ3n) is 3.28. The Kier molecular flexibility index (Phi) is 3.71. The highest BCUT2D eigenvalue weighted by Crippen LogP contribution is 2.28. The fourth-order valence-corrected chi connectivity index (χ4v) is 2.94. The van der Waals surface area contributed by atoms with Crippen LogP contribution in [0.3, 0.4) is 0 Å². The SMILES string of the molecule is O=C1c2ccc(I)cc2C(=O)N1Cc1ccc(F)cc1Cl. The lowest BCUT2D eigenvalue weighted by Gasteiger charge is -2.14. The van der Waals surface area contributed by atoms with Gasteiger partial charge in [0.1, 0.15) is 5.82 Å². The van der Waals surface area contributed by atoms with Gasteiger partial charge < -0.3 is 0 Å². The van der Waals surface area contributed by atoms with Crippen molar-refractivity contribution in [1.29, 1.82) is 0 Å². The quantitative estimate of drug-likeness (QED) is 0.551. The van der Waals surface area contributed by atoms with Gasteiger partial charge in [-0.15, -0.1) is 0 Å². The molecule has 3 rings (SSSR count). The van der Waals surface area contributed by atoms with Crippen molar-refractivity contribution in [3.05, 3.63) is 67.5 Å². The van der Waals surface area contributed by atoms with E-state index in [1.807, 2.05) is 0 Å². The summed E-state index contributed by atoms with van der Waals surface area (Å²) in [5.74, 6) is -1.17. The van der Waals surface area contributed by atoms with E-state index in [1.165, 1.54) is 12.1 Å². The van der Waals surface area contributed by atoms with Crippen LogP contribution in [-0.2, 0) is 6.54 Å². The Balaban J connectivity index is 1.95. The molecule has 0 aromatic heterocycles. The first-order chi connectivity index (χ1) is 9.97. The number of carbonyl (C=O) groups excluding carboxylic acids is 2. The summed E-state index contributed by atoms with van der Waals surface area (Å²) >= 11 is 8.03. The van der Waals surface area contributed by atoms with Gasteiger partial charge in [-0.25, -0.2) is 4.39 Å². The highest BCUT2D eigenvalue weighted by molar-refractivity contribution is 14.1. The molecule has 0 atom stereocenters. The Morgan fingerprint density at radius 1 is 1.05 bits per heavy atom. The molecule has 1 aliphatic heterocycles. The molecule has 0 N–H and O–H groups in total. The number of fused-ring (bicyclic) bond motifs is 1. The molecular formula is C15H8ClFINO2. The van der Waals surface area contributed by atoms with Crippen molar-refractivity contribution < 1.29 is 14.0 Å². The van der Waals surface area contributed by atoms with Crippen LogP contribution in [0.4, 0.5) is 4.39 Å². The highest BCUT2D eigenvalue weighted by atomic mass is 127.